The third-order valence-electron chi connectivity index (χ3n) is 4.67. The number of fused-ring (bicyclic) bond motifs is 1. The molecule has 4 aromatic rings. The molecule has 0 unspecified atom stereocenters. The molecule has 0 fully saturated rings. The molecule has 5 heteroatoms. The maximum Gasteiger partial charge on any atom is 0.255 e. The van der Waals surface area contributed by atoms with Crippen LogP contribution in [0.1, 0.15) is 21.6 Å². The van der Waals surface area contributed by atoms with Crippen LogP contribution in [-0.4, -0.2) is 15.7 Å². The molecule has 4 rings (SSSR count). The van der Waals surface area contributed by atoms with Gasteiger partial charge in [-0.05, 0) is 42.8 Å². The average molecular weight is 356 g/mol. The van der Waals surface area contributed by atoms with Crippen molar-refractivity contribution in [2.75, 3.05) is 11.1 Å². The van der Waals surface area contributed by atoms with Crippen molar-refractivity contribution in [1.82, 2.24) is 9.78 Å². The van der Waals surface area contributed by atoms with Crippen LogP contribution < -0.4 is 11.1 Å². The number of nitrogens with zero attached hydrogens (tertiary/aromatic N) is 2. The van der Waals surface area contributed by atoms with Crippen LogP contribution in [0.2, 0.25) is 0 Å². The topological polar surface area (TPSA) is 72.9 Å². The average Bonchev–Trinajstić information content (AvgIpc) is 3.00. The highest BCUT2D eigenvalue weighted by molar-refractivity contribution is 6.05. The Hall–Kier alpha value is -3.60. The number of para-hydroxylation sites is 2. The molecule has 0 aliphatic carbocycles. The second-order valence-corrected chi connectivity index (χ2v) is 6.50. The summed E-state index contributed by atoms with van der Waals surface area (Å²) in [5.74, 6) is -0.180. The molecular formula is C22H20N4O. The second kappa shape index (κ2) is 6.96. The van der Waals surface area contributed by atoms with Crippen molar-refractivity contribution in [2.24, 2.45) is 0 Å². The van der Waals surface area contributed by atoms with Gasteiger partial charge in [0.25, 0.3) is 5.91 Å². The van der Waals surface area contributed by atoms with Crippen LogP contribution in [0.25, 0.3) is 10.9 Å². The summed E-state index contributed by atoms with van der Waals surface area (Å²) >= 11 is 0. The van der Waals surface area contributed by atoms with Crippen LogP contribution in [0.3, 0.4) is 0 Å². The highest BCUT2D eigenvalue weighted by atomic mass is 16.1. The first-order chi connectivity index (χ1) is 13.1. The first kappa shape index (κ1) is 16.8. The Bertz CT molecular complexity index is 1110. The van der Waals surface area contributed by atoms with Crippen LogP contribution >= 0.6 is 0 Å². The summed E-state index contributed by atoms with van der Waals surface area (Å²) < 4.78 is 1.99. The molecule has 1 aromatic heterocycles. The normalized spacial score (nSPS) is 10.9. The van der Waals surface area contributed by atoms with Gasteiger partial charge in [0, 0.05) is 16.6 Å². The van der Waals surface area contributed by atoms with E-state index in [1.54, 1.807) is 12.1 Å². The molecule has 0 radical (unpaired) electrons. The second-order valence-electron chi connectivity index (χ2n) is 6.50. The molecule has 0 saturated carbocycles. The summed E-state index contributed by atoms with van der Waals surface area (Å²) in [5.41, 5.74) is 10.8. The molecule has 0 spiro atoms. The monoisotopic (exact) mass is 356 g/mol. The number of carbonyl (C=O) groups excluding carboxylic acids is 1. The summed E-state index contributed by atoms with van der Waals surface area (Å²) in [6, 6.07) is 22.9. The number of carbonyl (C=O) groups is 1. The van der Waals surface area contributed by atoms with Gasteiger partial charge in [-0.15, -0.1) is 0 Å². The van der Waals surface area contributed by atoms with Crippen LogP contribution in [0.5, 0.6) is 0 Å². The standard InChI is InChI=1S/C22H20N4O/c1-15-18-6-2-4-8-20(18)25-26(15)14-16-10-12-17(13-11-16)22(27)24-21-9-5-3-7-19(21)23/h2-13H,14,23H2,1H3,(H,24,27). The maximum absolute atomic E-state index is 12.4. The van der Waals surface area contributed by atoms with Gasteiger partial charge in [0.15, 0.2) is 0 Å². The van der Waals surface area contributed by atoms with E-state index >= 15 is 0 Å². The number of hydrogen-bond acceptors (Lipinski definition) is 3. The quantitative estimate of drug-likeness (QED) is 0.538. The lowest BCUT2D eigenvalue weighted by molar-refractivity contribution is 0.102. The zero-order valence-electron chi connectivity index (χ0n) is 15.0. The lowest BCUT2D eigenvalue weighted by Gasteiger charge is -2.09. The SMILES string of the molecule is Cc1c2ccccc2nn1Cc1ccc(C(=O)Nc2ccccc2N)cc1. The predicted octanol–water partition coefficient (Wildman–Crippen LogP) is 4.23. The fourth-order valence-electron chi connectivity index (χ4n) is 3.10. The number of nitrogens with two attached hydrogens (primary N) is 1. The van der Waals surface area contributed by atoms with Gasteiger partial charge in [-0.1, -0.05) is 42.5 Å². The number of anilines is 2. The number of hydrogen-bond donors (Lipinski definition) is 2. The van der Waals surface area contributed by atoms with E-state index in [0.29, 0.717) is 23.5 Å². The van der Waals surface area contributed by atoms with Crippen LogP contribution in [0.15, 0.2) is 72.8 Å². The molecule has 3 N–H and O–H groups in total. The van der Waals surface area contributed by atoms with Gasteiger partial charge in [0.2, 0.25) is 0 Å². The summed E-state index contributed by atoms with van der Waals surface area (Å²) in [7, 11) is 0. The highest BCUT2D eigenvalue weighted by Crippen LogP contribution is 2.20. The number of amides is 1. The fourth-order valence-corrected chi connectivity index (χ4v) is 3.10. The number of nitrogens with one attached hydrogen (secondary N) is 1. The molecule has 27 heavy (non-hydrogen) atoms. The van der Waals surface area contributed by atoms with Gasteiger partial charge in [0.05, 0.1) is 23.4 Å². The number of nitrogen functional groups attached to an aromatic ring is 1. The van der Waals surface area contributed by atoms with E-state index in [1.165, 1.54) is 0 Å². The Balaban J connectivity index is 1.51. The Morgan fingerprint density at radius 2 is 1.70 bits per heavy atom. The third-order valence-corrected chi connectivity index (χ3v) is 4.67. The molecule has 0 aliphatic rings. The molecule has 1 heterocycles. The van der Waals surface area contributed by atoms with Gasteiger partial charge in [-0.2, -0.15) is 5.10 Å². The van der Waals surface area contributed by atoms with E-state index in [4.69, 9.17) is 5.73 Å². The lowest BCUT2D eigenvalue weighted by Crippen LogP contribution is -2.13. The van der Waals surface area contributed by atoms with Gasteiger partial charge >= 0.3 is 0 Å². The Morgan fingerprint density at radius 3 is 2.44 bits per heavy atom. The van der Waals surface area contributed by atoms with E-state index in [2.05, 4.69) is 23.4 Å². The third kappa shape index (κ3) is 3.40. The van der Waals surface area contributed by atoms with E-state index < -0.39 is 0 Å². The largest absolute Gasteiger partial charge is 0.397 e. The van der Waals surface area contributed by atoms with Crippen molar-refractivity contribution in [3.05, 3.63) is 89.6 Å². The molecule has 0 aliphatic heterocycles. The Kier molecular flexibility index (Phi) is 4.34. The van der Waals surface area contributed by atoms with Crippen molar-refractivity contribution in [3.8, 4) is 0 Å². The van der Waals surface area contributed by atoms with Gasteiger partial charge in [-0.3, -0.25) is 9.48 Å². The van der Waals surface area contributed by atoms with Crippen molar-refractivity contribution in [1.29, 1.82) is 0 Å². The van der Waals surface area contributed by atoms with Crippen LogP contribution in [-0.2, 0) is 6.54 Å². The summed E-state index contributed by atoms with van der Waals surface area (Å²) in [5, 5.41) is 8.66. The molecule has 0 bridgehead atoms. The van der Waals surface area contributed by atoms with Gasteiger partial charge in [0.1, 0.15) is 0 Å². The summed E-state index contributed by atoms with van der Waals surface area (Å²) in [6.45, 7) is 2.73. The van der Waals surface area contributed by atoms with E-state index in [1.807, 2.05) is 59.3 Å². The highest BCUT2D eigenvalue weighted by Gasteiger charge is 2.10. The van der Waals surface area contributed by atoms with Gasteiger partial charge < -0.3 is 11.1 Å². The number of rotatable bonds is 4. The molecule has 0 saturated heterocycles. The Morgan fingerprint density at radius 1 is 1.00 bits per heavy atom. The van der Waals surface area contributed by atoms with Crippen molar-refractivity contribution in [3.63, 3.8) is 0 Å². The van der Waals surface area contributed by atoms with E-state index in [9.17, 15) is 4.79 Å². The van der Waals surface area contributed by atoms with Crippen LogP contribution in [0.4, 0.5) is 11.4 Å². The van der Waals surface area contributed by atoms with Crippen molar-refractivity contribution < 1.29 is 4.79 Å². The first-order valence-corrected chi connectivity index (χ1v) is 8.79. The molecular weight excluding hydrogens is 336 g/mol. The van der Waals surface area contributed by atoms with E-state index in [-0.39, 0.29) is 5.91 Å². The number of aromatic nitrogens is 2. The smallest absolute Gasteiger partial charge is 0.255 e. The molecule has 3 aromatic carbocycles. The van der Waals surface area contributed by atoms with Crippen molar-refractivity contribution >= 4 is 28.2 Å². The molecule has 1 amide bonds. The molecule has 5 nitrogen and oxygen atoms in total. The zero-order chi connectivity index (χ0) is 18.8. The fraction of sp³-hybridized carbons (Fsp3) is 0.0909. The maximum atomic E-state index is 12.4. The van der Waals surface area contributed by atoms with Gasteiger partial charge in [-0.25, -0.2) is 0 Å². The molecule has 0 atom stereocenters. The number of aryl methyl sites for hydroxylation is 1. The lowest BCUT2D eigenvalue weighted by atomic mass is 10.1. The minimum absolute atomic E-state index is 0.180. The van der Waals surface area contributed by atoms with Crippen molar-refractivity contribution in [2.45, 2.75) is 13.5 Å². The first-order valence-electron chi connectivity index (χ1n) is 8.79. The minimum Gasteiger partial charge on any atom is -0.397 e. The summed E-state index contributed by atoms with van der Waals surface area (Å²) in [6.07, 6.45) is 0. The number of benzene rings is 3. The summed E-state index contributed by atoms with van der Waals surface area (Å²) in [4.78, 5) is 12.4. The predicted molar refractivity (Wildman–Crippen MR) is 109 cm³/mol. The Labute approximate surface area is 157 Å². The van der Waals surface area contributed by atoms with E-state index in [0.717, 1.165) is 22.2 Å². The molecule has 134 valence electrons. The zero-order valence-corrected chi connectivity index (χ0v) is 15.0. The minimum atomic E-state index is -0.180. The van der Waals surface area contributed by atoms with Crippen LogP contribution in [0, 0.1) is 6.92 Å².